The number of hydrogen-bond donors (Lipinski definition) is 0. The van der Waals surface area contributed by atoms with Gasteiger partial charge in [-0.25, -0.2) is 0 Å². The van der Waals surface area contributed by atoms with Gasteiger partial charge in [-0.3, -0.25) is 0 Å². The van der Waals surface area contributed by atoms with Gasteiger partial charge in [0.25, 0.3) is 0 Å². The van der Waals surface area contributed by atoms with Crippen molar-refractivity contribution >= 4 is 0 Å². The van der Waals surface area contributed by atoms with E-state index in [1.165, 1.54) is 82.6 Å². The van der Waals surface area contributed by atoms with Gasteiger partial charge in [-0.05, 0) is 50.4 Å². The summed E-state index contributed by atoms with van der Waals surface area (Å²) in [5.41, 5.74) is 1.45. The Labute approximate surface area is 160 Å². The van der Waals surface area contributed by atoms with Gasteiger partial charge in [0.2, 0.25) is 0 Å². The second-order valence-corrected chi connectivity index (χ2v) is 7.25. The summed E-state index contributed by atoms with van der Waals surface area (Å²) in [5.74, 6) is 1.57. The molecule has 0 saturated heterocycles. The van der Waals surface area contributed by atoms with Crippen LogP contribution in [0, 0.1) is 11.8 Å². The van der Waals surface area contributed by atoms with Crippen LogP contribution in [0.3, 0.4) is 0 Å². The molecule has 0 radical (unpaired) electrons. The van der Waals surface area contributed by atoms with Crippen LogP contribution in [0.5, 0.6) is 0 Å². The van der Waals surface area contributed by atoms with E-state index in [0.29, 0.717) is 0 Å². The molecule has 148 valence electrons. The number of unbranched alkanes of at least 4 members (excludes halogenated alkanes) is 6. The third-order valence-corrected chi connectivity index (χ3v) is 4.66. The zero-order valence-electron chi connectivity index (χ0n) is 18.3. The predicted octanol–water partition coefficient (Wildman–Crippen LogP) is 9.28. The molecule has 0 heterocycles. The highest BCUT2D eigenvalue weighted by molar-refractivity contribution is 5.08. The first-order valence-electron chi connectivity index (χ1n) is 11.1. The van der Waals surface area contributed by atoms with E-state index in [1.54, 1.807) is 0 Å². The summed E-state index contributed by atoms with van der Waals surface area (Å²) >= 11 is 0. The molecular weight excluding hydrogens is 300 g/mol. The summed E-state index contributed by atoms with van der Waals surface area (Å²) < 4.78 is 0. The van der Waals surface area contributed by atoms with Gasteiger partial charge >= 0.3 is 0 Å². The van der Waals surface area contributed by atoms with Gasteiger partial charge in [-0.1, -0.05) is 104 Å². The maximum Gasteiger partial charge on any atom is -0.0193 e. The number of rotatable bonds is 11. The first-order chi connectivity index (χ1) is 12.1. The maximum absolute atomic E-state index is 4.06. The van der Waals surface area contributed by atoms with Crippen molar-refractivity contribution in [3.05, 3.63) is 37.0 Å². The van der Waals surface area contributed by atoms with Crippen molar-refractivity contribution in [1.82, 2.24) is 0 Å². The molecule has 2 unspecified atom stereocenters. The Morgan fingerprint density at radius 3 is 2.20 bits per heavy atom. The maximum atomic E-state index is 4.06. The molecular formula is C25H48. The van der Waals surface area contributed by atoms with Crippen LogP contribution < -0.4 is 0 Å². The van der Waals surface area contributed by atoms with Gasteiger partial charge in [0.15, 0.2) is 0 Å². The summed E-state index contributed by atoms with van der Waals surface area (Å²) in [6, 6.07) is 0. The minimum Gasteiger partial charge on any atom is -0.103 e. The Bertz CT molecular complexity index is 310. The lowest BCUT2D eigenvalue weighted by molar-refractivity contribution is 0.569. The molecule has 1 aliphatic carbocycles. The van der Waals surface area contributed by atoms with Crippen molar-refractivity contribution in [2.24, 2.45) is 11.8 Å². The molecule has 1 fully saturated rings. The lowest BCUT2D eigenvalue weighted by Gasteiger charge is -2.07. The quantitative estimate of drug-likeness (QED) is 0.258. The van der Waals surface area contributed by atoms with E-state index in [-0.39, 0.29) is 0 Å². The first kappa shape index (κ1) is 26.4. The molecule has 1 saturated carbocycles. The standard InChI is InChI=1S/C15H26.C8H16.C2H6/c1-4-5-6-7-13(2)8-10-15-11-9-14(3)12-15;1-3-5-7-8-6-4-2;1-2/h8,10,13,15H,3-7,9,11-12H2,1-2H3;3H,1,4-8H2,2H3;1-2H3/b10-8+;;. The Kier molecular flexibility index (Phi) is 22.5. The third kappa shape index (κ3) is 19.4. The zero-order chi connectivity index (χ0) is 19.3. The van der Waals surface area contributed by atoms with Crippen LogP contribution in [0.15, 0.2) is 37.0 Å². The van der Waals surface area contributed by atoms with Gasteiger partial charge in [-0.15, -0.1) is 6.58 Å². The molecule has 0 heteroatoms. The molecule has 0 spiro atoms. The van der Waals surface area contributed by atoms with Crippen LogP contribution in [0.1, 0.15) is 112 Å². The Hall–Kier alpha value is -0.780. The molecule has 0 aromatic carbocycles. The fourth-order valence-corrected chi connectivity index (χ4v) is 3.00. The monoisotopic (exact) mass is 348 g/mol. The topological polar surface area (TPSA) is 0 Å². The van der Waals surface area contributed by atoms with Crippen molar-refractivity contribution in [2.45, 2.75) is 112 Å². The SMILES string of the molecule is C=C1CCC(/C=C/C(C)CCCCC)C1.C=CCCCCCC.CC. The van der Waals surface area contributed by atoms with Gasteiger partial charge < -0.3 is 0 Å². The highest BCUT2D eigenvalue weighted by atomic mass is 14.2. The molecule has 0 aromatic heterocycles. The van der Waals surface area contributed by atoms with E-state index in [9.17, 15) is 0 Å². The predicted molar refractivity (Wildman–Crippen MR) is 119 cm³/mol. The largest absolute Gasteiger partial charge is 0.103 e. The third-order valence-electron chi connectivity index (χ3n) is 4.66. The Morgan fingerprint density at radius 1 is 1.04 bits per heavy atom. The van der Waals surface area contributed by atoms with E-state index in [2.05, 4.69) is 46.1 Å². The second-order valence-electron chi connectivity index (χ2n) is 7.25. The van der Waals surface area contributed by atoms with Crippen LogP contribution in [0.4, 0.5) is 0 Å². The normalized spacial score (nSPS) is 17.5. The number of allylic oxidation sites excluding steroid dienone is 4. The summed E-state index contributed by atoms with van der Waals surface area (Å²) in [6.45, 7) is 18.6. The lowest BCUT2D eigenvalue weighted by atomic mass is 9.99. The molecule has 2 atom stereocenters. The Morgan fingerprint density at radius 2 is 1.68 bits per heavy atom. The van der Waals surface area contributed by atoms with Crippen LogP contribution in [-0.4, -0.2) is 0 Å². The van der Waals surface area contributed by atoms with Crippen LogP contribution in [0.2, 0.25) is 0 Å². The van der Waals surface area contributed by atoms with Crippen molar-refractivity contribution in [3.63, 3.8) is 0 Å². The van der Waals surface area contributed by atoms with Crippen molar-refractivity contribution in [1.29, 1.82) is 0 Å². The molecule has 25 heavy (non-hydrogen) atoms. The van der Waals surface area contributed by atoms with Crippen LogP contribution in [-0.2, 0) is 0 Å². The van der Waals surface area contributed by atoms with Crippen molar-refractivity contribution in [2.75, 3.05) is 0 Å². The van der Waals surface area contributed by atoms with Gasteiger partial charge in [0.1, 0.15) is 0 Å². The highest BCUT2D eigenvalue weighted by Crippen LogP contribution is 2.30. The van der Waals surface area contributed by atoms with Crippen molar-refractivity contribution < 1.29 is 0 Å². The molecule has 1 aliphatic rings. The fourth-order valence-electron chi connectivity index (χ4n) is 3.00. The molecule has 0 N–H and O–H groups in total. The molecule has 1 rings (SSSR count). The van der Waals surface area contributed by atoms with Crippen LogP contribution >= 0.6 is 0 Å². The minimum absolute atomic E-state index is 0.769. The molecule has 0 aliphatic heterocycles. The zero-order valence-corrected chi connectivity index (χ0v) is 18.3. The van der Waals surface area contributed by atoms with E-state index < -0.39 is 0 Å². The Balaban J connectivity index is 0. The van der Waals surface area contributed by atoms with E-state index in [1.807, 2.05) is 19.9 Å². The second kappa shape index (κ2) is 21.3. The molecule has 0 nitrogen and oxygen atoms in total. The summed E-state index contributed by atoms with van der Waals surface area (Å²) in [6.07, 6.45) is 22.8. The van der Waals surface area contributed by atoms with Gasteiger partial charge in [0.05, 0.1) is 0 Å². The lowest BCUT2D eigenvalue weighted by Crippen LogP contribution is -1.92. The smallest absolute Gasteiger partial charge is 0.0193 e. The first-order valence-corrected chi connectivity index (χ1v) is 11.1. The fraction of sp³-hybridized carbons (Fsp3) is 0.760. The van der Waals surface area contributed by atoms with Crippen molar-refractivity contribution in [3.8, 4) is 0 Å². The average Bonchev–Trinajstić information content (AvgIpc) is 3.05. The van der Waals surface area contributed by atoms with E-state index >= 15 is 0 Å². The van der Waals surface area contributed by atoms with Crippen LogP contribution in [0.25, 0.3) is 0 Å². The average molecular weight is 349 g/mol. The summed E-state index contributed by atoms with van der Waals surface area (Å²) in [7, 11) is 0. The van der Waals surface area contributed by atoms with E-state index in [4.69, 9.17) is 0 Å². The highest BCUT2D eigenvalue weighted by Gasteiger charge is 2.14. The summed E-state index contributed by atoms with van der Waals surface area (Å²) in [5, 5.41) is 0. The number of hydrogen-bond acceptors (Lipinski definition) is 0. The molecule has 0 aromatic rings. The van der Waals surface area contributed by atoms with E-state index in [0.717, 1.165) is 11.8 Å². The molecule has 0 amide bonds. The minimum atomic E-state index is 0.769. The van der Waals surface area contributed by atoms with Gasteiger partial charge in [-0.2, -0.15) is 0 Å². The molecule has 0 bridgehead atoms. The summed E-state index contributed by atoms with van der Waals surface area (Å²) in [4.78, 5) is 0. The van der Waals surface area contributed by atoms with Gasteiger partial charge in [0, 0.05) is 0 Å².